The number of aliphatic hydroxyl groups is 1. The molecule has 0 unspecified atom stereocenters. The number of aliphatic hydroxyl groups excluding tert-OH is 1. The Morgan fingerprint density at radius 1 is 1.29 bits per heavy atom. The molecule has 1 N–H and O–H groups in total. The summed E-state index contributed by atoms with van der Waals surface area (Å²) in [6.45, 7) is 2.83. The van der Waals surface area contributed by atoms with E-state index >= 15 is 0 Å². The van der Waals surface area contributed by atoms with Gasteiger partial charge in [0, 0.05) is 5.02 Å². The number of hydrogen-bond acceptors (Lipinski definition) is 7. The molecule has 0 radical (unpaired) electrons. The number of carbonyl (C=O) groups is 1. The molecule has 0 fully saturated rings. The second-order valence-corrected chi connectivity index (χ2v) is 6.34. The zero-order chi connectivity index (χ0) is 17.3. The molecular formula is C15H12ClN5O2S. The van der Waals surface area contributed by atoms with E-state index in [1.54, 1.807) is 18.2 Å². The van der Waals surface area contributed by atoms with Gasteiger partial charge in [-0.2, -0.15) is 4.68 Å². The van der Waals surface area contributed by atoms with Gasteiger partial charge in [-0.15, -0.1) is 5.10 Å². The maximum absolute atomic E-state index is 11.7. The maximum atomic E-state index is 11.7. The smallest absolute Gasteiger partial charge is 0.187 e. The molecule has 24 heavy (non-hydrogen) atoms. The van der Waals surface area contributed by atoms with Crippen molar-refractivity contribution < 1.29 is 9.90 Å². The molecule has 2 heterocycles. The fourth-order valence-electron chi connectivity index (χ4n) is 2.08. The van der Waals surface area contributed by atoms with Crippen molar-refractivity contribution in [2.45, 2.75) is 18.9 Å². The lowest BCUT2D eigenvalue weighted by molar-refractivity contribution is -0.113. The van der Waals surface area contributed by atoms with Gasteiger partial charge in [0.15, 0.2) is 16.9 Å². The van der Waals surface area contributed by atoms with Gasteiger partial charge >= 0.3 is 0 Å². The topological polar surface area (TPSA) is 93.8 Å². The normalized spacial score (nSPS) is 12.3. The summed E-state index contributed by atoms with van der Waals surface area (Å²) in [5.41, 5.74) is 1.62. The lowest BCUT2D eigenvalue weighted by atomic mass is 10.3. The van der Waals surface area contributed by atoms with Crippen LogP contribution in [0.25, 0.3) is 16.9 Å². The first-order chi connectivity index (χ1) is 11.5. The van der Waals surface area contributed by atoms with Crippen LogP contribution in [0.4, 0.5) is 0 Å². The van der Waals surface area contributed by atoms with Crippen molar-refractivity contribution in [3.8, 4) is 5.69 Å². The number of aromatic nitrogens is 5. The third-order valence-electron chi connectivity index (χ3n) is 3.10. The number of allylic oxidation sites excluding steroid dienone is 2. The predicted molar refractivity (Wildman–Crippen MR) is 91.3 cm³/mol. The Morgan fingerprint density at radius 2 is 2.08 bits per heavy atom. The summed E-state index contributed by atoms with van der Waals surface area (Å²) in [4.78, 5) is 20.2. The van der Waals surface area contributed by atoms with Crippen LogP contribution in [0.3, 0.4) is 0 Å². The largest absolute Gasteiger partial charge is 0.511 e. The third kappa shape index (κ3) is 3.10. The highest BCUT2D eigenvalue weighted by Crippen LogP contribution is 2.31. The second-order valence-electron chi connectivity index (χ2n) is 4.90. The highest BCUT2D eigenvalue weighted by atomic mass is 35.5. The predicted octanol–water partition coefficient (Wildman–Crippen LogP) is 3.33. The summed E-state index contributed by atoms with van der Waals surface area (Å²) in [5, 5.41) is 18.9. The molecule has 0 bridgehead atoms. The number of rotatable bonds is 4. The van der Waals surface area contributed by atoms with Gasteiger partial charge in [0.2, 0.25) is 0 Å². The van der Waals surface area contributed by atoms with Gasteiger partial charge in [0.05, 0.1) is 10.6 Å². The molecule has 0 spiro atoms. The molecule has 0 saturated heterocycles. The van der Waals surface area contributed by atoms with Crippen LogP contribution in [0, 0.1) is 0 Å². The SMILES string of the molecule is CC(=O)/C(Sc1ncnc2c1nnn2-c1cccc(Cl)c1)=C(\C)O. The third-order valence-corrected chi connectivity index (χ3v) is 4.62. The minimum Gasteiger partial charge on any atom is -0.511 e. The summed E-state index contributed by atoms with van der Waals surface area (Å²) in [6.07, 6.45) is 1.36. The number of benzene rings is 1. The van der Waals surface area contributed by atoms with Crippen LogP contribution in [0.15, 0.2) is 46.3 Å². The van der Waals surface area contributed by atoms with Crippen molar-refractivity contribution in [1.29, 1.82) is 0 Å². The van der Waals surface area contributed by atoms with E-state index in [2.05, 4.69) is 20.3 Å². The molecular weight excluding hydrogens is 350 g/mol. The van der Waals surface area contributed by atoms with E-state index in [-0.39, 0.29) is 16.4 Å². The van der Waals surface area contributed by atoms with Gasteiger partial charge in [0.25, 0.3) is 0 Å². The number of carbonyl (C=O) groups excluding carboxylic acids is 1. The fraction of sp³-hybridized carbons (Fsp3) is 0.133. The Balaban J connectivity index is 2.10. The van der Waals surface area contributed by atoms with Gasteiger partial charge in [-0.25, -0.2) is 9.97 Å². The molecule has 7 nitrogen and oxygen atoms in total. The molecule has 0 atom stereocenters. The van der Waals surface area contributed by atoms with E-state index in [0.29, 0.717) is 26.9 Å². The monoisotopic (exact) mass is 361 g/mol. The molecule has 2 aromatic heterocycles. The zero-order valence-electron chi connectivity index (χ0n) is 12.8. The van der Waals surface area contributed by atoms with Crippen molar-refractivity contribution in [2.75, 3.05) is 0 Å². The van der Waals surface area contributed by atoms with Crippen LogP contribution >= 0.6 is 23.4 Å². The zero-order valence-corrected chi connectivity index (χ0v) is 14.3. The van der Waals surface area contributed by atoms with Crippen LogP contribution in [0.5, 0.6) is 0 Å². The van der Waals surface area contributed by atoms with E-state index in [1.807, 2.05) is 6.07 Å². The first-order valence-electron chi connectivity index (χ1n) is 6.88. The molecule has 0 aliphatic heterocycles. The number of halogens is 1. The molecule has 0 aliphatic rings. The Morgan fingerprint density at radius 3 is 2.75 bits per heavy atom. The average Bonchev–Trinajstić information content (AvgIpc) is 2.96. The average molecular weight is 362 g/mol. The number of hydrogen-bond donors (Lipinski definition) is 1. The van der Waals surface area contributed by atoms with Crippen molar-refractivity contribution in [3.05, 3.63) is 46.3 Å². The quantitative estimate of drug-likeness (QED) is 0.329. The Kier molecular flexibility index (Phi) is 4.50. The standard InChI is InChI=1S/C15H12ClN5O2S/c1-8(22)13(9(2)23)24-15-12-14(17-7-18-15)21(20-19-12)11-5-3-4-10(16)6-11/h3-7,22H,1-2H3/b13-8-. The van der Waals surface area contributed by atoms with Gasteiger partial charge < -0.3 is 5.11 Å². The Hall–Kier alpha value is -2.45. The van der Waals surface area contributed by atoms with Crippen LogP contribution < -0.4 is 0 Å². The first kappa shape index (κ1) is 16.4. The van der Waals surface area contributed by atoms with E-state index in [9.17, 15) is 9.90 Å². The summed E-state index contributed by atoms with van der Waals surface area (Å²) in [6, 6.07) is 7.12. The Labute approximate surface area is 146 Å². The van der Waals surface area contributed by atoms with Crippen molar-refractivity contribution in [3.63, 3.8) is 0 Å². The van der Waals surface area contributed by atoms with Gasteiger partial charge in [-0.3, -0.25) is 4.79 Å². The van der Waals surface area contributed by atoms with Crippen LogP contribution in [0.2, 0.25) is 5.02 Å². The van der Waals surface area contributed by atoms with E-state index in [4.69, 9.17) is 11.6 Å². The summed E-state index contributed by atoms with van der Waals surface area (Å²) in [5.74, 6) is -0.324. The molecule has 0 saturated carbocycles. The van der Waals surface area contributed by atoms with Gasteiger partial charge in [-0.05, 0) is 32.0 Å². The Bertz CT molecular complexity index is 965. The number of ketones is 1. The molecule has 3 rings (SSSR count). The fourth-order valence-corrected chi connectivity index (χ4v) is 3.08. The van der Waals surface area contributed by atoms with Gasteiger partial charge in [-0.1, -0.05) is 34.6 Å². The van der Waals surface area contributed by atoms with Crippen LogP contribution in [-0.4, -0.2) is 35.9 Å². The van der Waals surface area contributed by atoms with Crippen LogP contribution in [-0.2, 0) is 4.79 Å². The number of Topliss-reactive ketones (excluding diaryl/α,β-unsaturated/α-hetero) is 1. The van der Waals surface area contributed by atoms with E-state index < -0.39 is 0 Å². The summed E-state index contributed by atoms with van der Waals surface area (Å²) in [7, 11) is 0. The molecule has 122 valence electrons. The highest BCUT2D eigenvalue weighted by molar-refractivity contribution is 8.04. The first-order valence-corrected chi connectivity index (χ1v) is 8.08. The lowest BCUT2D eigenvalue weighted by Crippen LogP contribution is -1.99. The minimum atomic E-state index is -0.256. The highest BCUT2D eigenvalue weighted by Gasteiger charge is 2.18. The number of nitrogens with zero attached hydrogens (tertiary/aromatic N) is 5. The molecule has 9 heteroatoms. The van der Waals surface area contributed by atoms with E-state index in [0.717, 1.165) is 11.8 Å². The summed E-state index contributed by atoms with van der Waals surface area (Å²) >= 11 is 7.05. The molecule has 0 aliphatic carbocycles. The number of thioether (sulfide) groups is 1. The lowest BCUT2D eigenvalue weighted by Gasteiger charge is -2.05. The van der Waals surface area contributed by atoms with Crippen molar-refractivity contribution in [2.24, 2.45) is 0 Å². The van der Waals surface area contributed by atoms with Crippen LogP contribution in [0.1, 0.15) is 13.8 Å². The number of fused-ring (bicyclic) bond motifs is 1. The summed E-state index contributed by atoms with van der Waals surface area (Å²) < 4.78 is 1.54. The maximum Gasteiger partial charge on any atom is 0.187 e. The molecule has 3 aromatic rings. The second kappa shape index (κ2) is 6.58. The van der Waals surface area contributed by atoms with Crippen molar-refractivity contribution >= 4 is 40.3 Å². The minimum absolute atomic E-state index is 0.0681. The molecule has 1 aromatic carbocycles. The van der Waals surface area contributed by atoms with E-state index in [1.165, 1.54) is 24.9 Å². The van der Waals surface area contributed by atoms with Crippen molar-refractivity contribution in [1.82, 2.24) is 25.0 Å². The molecule has 0 amide bonds. The van der Waals surface area contributed by atoms with Gasteiger partial charge in [0.1, 0.15) is 17.1 Å².